The highest BCUT2D eigenvalue weighted by atomic mass is 32.1. The number of hydrogen-bond acceptors (Lipinski definition) is 3. The number of imidazole rings is 1. The molecule has 0 saturated heterocycles. The van der Waals surface area contributed by atoms with Gasteiger partial charge in [0.05, 0.1) is 16.1 Å². The molecule has 0 saturated carbocycles. The third kappa shape index (κ3) is 1.90. The highest BCUT2D eigenvalue weighted by Gasteiger charge is 2.17. The van der Waals surface area contributed by atoms with Gasteiger partial charge in [0.25, 0.3) is 0 Å². The number of thiophene rings is 1. The van der Waals surface area contributed by atoms with Gasteiger partial charge in [-0.3, -0.25) is 0 Å². The van der Waals surface area contributed by atoms with Crippen molar-refractivity contribution in [2.24, 2.45) is 0 Å². The van der Waals surface area contributed by atoms with E-state index in [1.165, 1.54) is 17.4 Å². The Balaban J connectivity index is 2.32. The summed E-state index contributed by atoms with van der Waals surface area (Å²) < 4.78 is 15.9. The molecule has 19 heavy (non-hydrogen) atoms. The van der Waals surface area contributed by atoms with Crippen LogP contribution in [0.25, 0.3) is 21.7 Å². The van der Waals surface area contributed by atoms with Gasteiger partial charge in [-0.05, 0) is 30.0 Å². The summed E-state index contributed by atoms with van der Waals surface area (Å²) in [5.41, 5.74) is 7.89. The number of hydrogen-bond donors (Lipinski definition) is 1. The van der Waals surface area contributed by atoms with Gasteiger partial charge in [0, 0.05) is 6.54 Å². The fourth-order valence-corrected chi connectivity index (χ4v) is 3.05. The first-order chi connectivity index (χ1) is 9.22. The molecule has 0 spiro atoms. The van der Waals surface area contributed by atoms with Crippen molar-refractivity contribution >= 4 is 28.1 Å². The molecule has 0 radical (unpaired) electrons. The van der Waals surface area contributed by atoms with Gasteiger partial charge in [0.2, 0.25) is 0 Å². The summed E-state index contributed by atoms with van der Waals surface area (Å²) in [7, 11) is 0. The van der Waals surface area contributed by atoms with Crippen LogP contribution in [0.15, 0.2) is 29.6 Å². The fourth-order valence-electron chi connectivity index (χ4n) is 2.24. The van der Waals surface area contributed by atoms with E-state index in [0.29, 0.717) is 11.2 Å². The number of aromatic nitrogens is 2. The normalized spacial score (nSPS) is 11.3. The smallest absolute Gasteiger partial charge is 0.153 e. The summed E-state index contributed by atoms with van der Waals surface area (Å²) in [6.45, 7) is 2.89. The quantitative estimate of drug-likeness (QED) is 0.788. The second kappa shape index (κ2) is 4.66. The fraction of sp³-hybridized carbons (Fsp3) is 0.214. The Hall–Kier alpha value is -1.88. The minimum atomic E-state index is -0.288. The number of nitrogens with zero attached hydrogens (tertiary/aromatic N) is 2. The molecular formula is C14H14FN3S. The van der Waals surface area contributed by atoms with E-state index in [1.54, 1.807) is 6.07 Å². The average Bonchev–Trinajstić information content (AvgIpc) is 2.95. The third-order valence-corrected chi connectivity index (χ3v) is 4.00. The number of aryl methyl sites for hydroxylation is 1. The molecule has 0 aliphatic rings. The van der Waals surface area contributed by atoms with Crippen molar-refractivity contribution in [1.29, 1.82) is 0 Å². The van der Waals surface area contributed by atoms with Crippen molar-refractivity contribution < 1.29 is 4.39 Å². The van der Waals surface area contributed by atoms with E-state index in [9.17, 15) is 4.39 Å². The monoisotopic (exact) mass is 275 g/mol. The molecule has 0 fully saturated rings. The van der Waals surface area contributed by atoms with Gasteiger partial charge in [-0.25, -0.2) is 9.37 Å². The van der Waals surface area contributed by atoms with Crippen molar-refractivity contribution in [3.05, 3.63) is 35.5 Å². The first kappa shape index (κ1) is 12.2. The molecule has 5 heteroatoms. The number of anilines is 1. The van der Waals surface area contributed by atoms with Crippen molar-refractivity contribution in [1.82, 2.24) is 9.55 Å². The van der Waals surface area contributed by atoms with Crippen LogP contribution in [0.2, 0.25) is 0 Å². The number of nitrogen functional groups attached to an aromatic ring is 1. The second-order valence-corrected chi connectivity index (χ2v) is 5.32. The van der Waals surface area contributed by atoms with Crippen LogP contribution in [-0.4, -0.2) is 9.55 Å². The minimum absolute atomic E-state index is 0.288. The highest BCUT2D eigenvalue weighted by Crippen LogP contribution is 2.34. The predicted molar refractivity (Wildman–Crippen MR) is 77.7 cm³/mol. The molecule has 2 N–H and O–H groups in total. The zero-order chi connectivity index (χ0) is 13.4. The first-order valence-corrected chi connectivity index (χ1v) is 7.08. The largest absolute Gasteiger partial charge is 0.397 e. The lowest BCUT2D eigenvalue weighted by Crippen LogP contribution is -2.00. The number of benzene rings is 1. The van der Waals surface area contributed by atoms with Crippen molar-refractivity contribution in [3.8, 4) is 10.7 Å². The lowest BCUT2D eigenvalue weighted by atomic mass is 10.3. The number of fused-ring (bicyclic) bond motifs is 1. The SMILES string of the molecule is CCCn1c(-c2sccc2N)nc2c(F)cccc21. The molecule has 2 aromatic heterocycles. The number of nitrogens with two attached hydrogens (primary N) is 1. The van der Waals surface area contributed by atoms with Crippen molar-refractivity contribution in [2.45, 2.75) is 19.9 Å². The van der Waals surface area contributed by atoms with E-state index in [-0.39, 0.29) is 5.82 Å². The molecule has 3 aromatic rings. The maximum absolute atomic E-state index is 13.9. The van der Waals surface area contributed by atoms with E-state index in [2.05, 4.69) is 11.9 Å². The molecular weight excluding hydrogens is 261 g/mol. The summed E-state index contributed by atoms with van der Waals surface area (Å²) in [4.78, 5) is 5.36. The molecule has 0 bridgehead atoms. The molecule has 1 aromatic carbocycles. The molecule has 3 rings (SSSR count). The molecule has 0 aliphatic heterocycles. The van der Waals surface area contributed by atoms with Crippen LogP contribution in [0.5, 0.6) is 0 Å². The van der Waals surface area contributed by atoms with E-state index in [4.69, 9.17) is 5.73 Å². The van der Waals surface area contributed by atoms with Crippen LogP contribution in [0.4, 0.5) is 10.1 Å². The Morgan fingerprint density at radius 3 is 2.89 bits per heavy atom. The molecule has 0 atom stereocenters. The van der Waals surface area contributed by atoms with E-state index < -0.39 is 0 Å². The summed E-state index contributed by atoms with van der Waals surface area (Å²) in [6, 6.07) is 6.90. The predicted octanol–water partition coefficient (Wildman–Crippen LogP) is 3.90. The van der Waals surface area contributed by atoms with Gasteiger partial charge in [-0.1, -0.05) is 13.0 Å². The third-order valence-electron chi connectivity index (χ3n) is 3.08. The molecule has 2 heterocycles. The van der Waals surface area contributed by atoms with Crippen LogP contribution >= 0.6 is 11.3 Å². The van der Waals surface area contributed by atoms with Gasteiger partial charge in [0.15, 0.2) is 11.6 Å². The Labute approximate surface area is 114 Å². The van der Waals surface area contributed by atoms with Gasteiger partial charge < -0.3 is 10.3 Å². The van der Waals surface area contributed by atoms with Crippen LogP contribution in [0, 0.1) is 5.82 Å². The molecule has 3 nitrogen and oxygen atoms in total. The zero-order valence-corrected chi connectivity index (χ0v) is 11.4. The van der Waals surface area contributed by atoms with Gasteiger partial charge in [0.1, 0.15) is 5.52 Å². The topological polar surface area (TPSA) is 43.8 Å². The van der Waals surface area contributed by atoms with E-state index in [0.717, 1.165) is 29.2 Å². The summed E-state index contributed by atoms with van der Waals surface area (Å²) >= 11 is 1.53. The maximum Gasteiger partial charge on any atom is 0.153 e. The van der Waals surface area contributed by atoms with Crippen LogP contribution < -0.4 is 5.73 Å². The van der Waals surface area contributed by atoms with Crippen molar-refractivity contribution in [3.63, 3.8) is 0 Å². The number of para-hydroxylation sites is 1. The Kier molecular flexibility index (Phi) is 2.98. The van der Waals surface area contributed by atoms with Gasteiger partial charge >= 0.3 is 0 Å². The standard InChI is InChI=1S/C14H14FN3S/c1-2-7-18-11-5-3-4-9(15)12(11)17-14(18)13-10(16)6-8-19-13/h3-6,8H,2,7,16H2,1H3. The Morgan fingerprint density at radius 1 is 1.37 bits per heavy atom. The minimum Gasteiger partial charge on any atom is -0.397 e. The summed E-state index contributed by atoms with van der Waals surface area (Å²) in [5, 5.41) is 1.93. The average molecular weight is 275 g/mol. The number of rotatable bonds is 3. The molecule has 0 unspecified atom stereocenters. The Bertz CT molecular complexity index is 729. The Morgan fingerprint density at radius 2 is 2.21 bits per heavy atom. The van der Waals surface area contributed by atoms with E-state index in [1.807, 2.05) is 22.1 Å². The van der Waals surface area contributed by atoms with Gasteiger partial charge in [-0.2, -0.15) is 0 Å². The lowest BCUT2D eigenvalue weighted by Gasteiger charge is -2.06. The highest BCUT2D eigenvalue weighted by molar-refractivity contribution is 7.14. The van der Waals surface area contributed by atoms with Crippen LogP contribution in [-0.2, 0) is 6.54 Å². The molecule has 0 aliphatic carbocycles. The lowest BCUT2D eigenvalue weighted by molar-refractivity contribution is 0.637. The van der Waals surface area contributed by atoms with Crippen LogP contribution in [0.3, 0.4) is 0 Å². The zero-order valence-electron chi connectivity index (χ0n) is 10.6. The van der Waals surface area contributed by atoms with Crippen LogP contribution in [0.1, 0.15) is 13.3 Å². The second-order valence-electron chi connectivity index (χ2n) is 4.40. The van der Waals surface area contributed by atoms with Gasteiger partial charge in [-0.15, -0.1) is 11.3 Å². The van der Waals surface area contributed by atoms with Crippen molar-refractivity contribution in [2.75, 3.05) is 5.73 Å². The summed E-state index contributed by atoms with van der Waals surface area (Å²) in [5.74, 6) is 0.471. The first-order valence-electron chi connectivity index (χ1n) is 6.20. The molecule has 98 valence electrons. The summed E-state index contributed by atoms with van der Waals surface area (Å²) in [6.07, 6.45) is 0.959. The molecule has 0 amide bonds. The maximum atomic E-state index is 13.9. The van der Waals surface area contributed by atoms with E-state index >= 15 is 0 Å². The number of halogens is 1.